The number of phenolic OH excluding ortho intramolecular Hbond substituents is 1. The standard InChI is InChI=1S/C27H36N2O5/c1-26(2,25(32)33-12-6-5-10-29-11-9-28-17-29)19-14-22(31)24-20-13-18(16-30)7-8-21(20)27(3,4)34-23(24)15-19/h7,9,11,14-15,17,20-21,30-31H,5-6,8,10,12-13,16H2,1-4H3/t20-,21?/m1/s1. The maximum atomic E-state index is 13.0. The third-order valence-electron chi connectivity index (χ3n) is 7.42. The Morgan fingerprint density at radius 2 is 2.12 bits per heavy atom. The van der Waals surface area contributed by atoms with Crippen LogP contribution in [0.1, 0.15) is 70.4 Å². The van der Waals surface area contributed by atoms with Gasteiger partial charge in [-0.15, -0.1) is 0 Å². The summed E-state index contributed by atoms with van der Waals surface area (Å²) in [4.78, 5) is 17.0. The first kappa shape index (κ1) is 24.3. The molecule has 2 heterocycles. The van der Waals surface area contributed by atoms with Crippen LogP contribution in [0.25, 0.3) is 0 Å². The number of rotatable bonds is 8. The smallest absolute Gasteiger partial charge is 0.315 e. The van der Waals surface area contributed by atoms with Gasteiger partial charge in [-0.3, -0.25) is 4.79 Å². The second kappa shape index (κ2) is 9.45. The van der Waals surface area contributed by atoms with Crippen molar-refractivity contribution in [3.8, 4) is 11.5 Å². The van der Waals surface area contributed by atoms with Crippen LogP contribution in [0.3, 0.4) is 0 Å². The van der Waals surface area contributed by atoms with Gasteiger partial charge in [0.2, 0.25) is 0 Å². The molecule has 184 valence electrons. The van der Waals surface area contributed by atoms with Gasteiger partial charge in [0.05, 0.1) is 25.0 Å². The number of aromatic hydroxyl groups is 1. The van der Waals surface area contributed by atoms with Crippen molar-refractivity contribution in [2.75, 3.05) is 13.2 Å². The number of unbranched alkanes of at least 4 members (excludes halogenated alkanes) is 1. The number of allylic oxidation sites excluding steroid dienone is 1. The van der Waals surface area contributed by atoms with Crippen molar-refractivity contribution < 1.29 is 24.5 Å². The fourth-order valence-corrected chi connectivity index (χ4v) is 5.23. The van der Waals surface area contributed by atoms with Crippen molar-refractivity contribution in [3.05, 3.63) is 53.6 Å². The molecular formula is C27H36N2O5. The molecule has 1 aliphatic heterocycles. The summed E-state index contributed by atoms with van der Waals surface area (Å²) in [6.45, 7) is 8.97. The number of aryl methyl sites for hydroxylation is 1. The van der Waals surface area contributed by atoms with Crippen molar-refractivity contribution in [1.82, 2.24) is 9.55 Å². The number of nitrogens with zero attached hydrogens (tertiary/aromatic N) is 2. The van der Waals surface area contributed by atoms with Gasteiger partial charge in [-0.2, -0.15) is 0 Å². The molecule has 0 amide bonds. The first-order chi connectivity index (χ1) is 16.1. The fraction of sp³-hybridized carbons (Fsp3) is 0.556. The number of fused-ring (bicyclic) bond motifs is 3. The van der Waals surface area contributed by atoms with Gasteiger partial charge in [-0.25, -0.2) is 4.98 Å². The molecule has 7 nitrogen and oxygen atoms in total. The van der Waals surface area contributed by atoms with E-state index in [1.54, 1.807) is 18.6 Å². The van der Waals surface area contributed by atoms with E-state index in [9.17, 15) is 15.0 Å². The van der Waals surface area contributed by atoms with Crippen LogP contribution in [0.4, 0.5) is 0 Å². The van der Waals surface area contributed by atoms with E-state index < -0.39 is 11.0 Å². The molecule has 2 aliphatic rings. The zero-order valence-corrected chi connectivity index (χ0v) is 20.6. The topological polar surface area (TPSA) is 93.8 Å². The van der Waals surface area contributed by atoms with Gasteiger partial charge >= 0.3 is 5.97 Å². The van der Waals surface area contributed by atoms with Crippen LogP contribution in [0.5, 0.6) is 11.5 Å². The number of imidazole rings is 1. The average molecular weight is 469 g/mol. The second-order valence-electron chi connectivity index (χ2n) is 10.6. The predicted octanol–water partition coefficient (Wildman–Crippen LogP) is 4.47. The number of hydrogen-bond acceptors (Lipinski definition) is 6. The molecule has 0 radical (unpaired) electrons. The number of aromatic nitrogens is 2. The number of carbonyl (C=O) groups excluding carboxylic acids is 1. The first-order valence-corrected chi connectivity index (χ1v) is 12.1. The zero-order chi connectivity index (χ0) is 24.5. The summed E-state index contributed by atoms with van der Waals surface area (Å²) in [6.07, 6.45) is 10.7. The van der Waals surface area contributed by atoms with E-state index in [0.717, 1.165) is 36.9 Å². The Balaban J connectivity index is 1.48. The average Bonchev–Trinajstić information content (AvgIpc) is 3.31. The van der Waals surface area contributed by atoms with E-state index in [1.807, 2.05) is 30.7 Å². The monoisotopic (exact) mass is 468 g/mol. The molecule has 1 aromatic heterocycles. The highest BCUT2D eigenvalue weighted by Crippen LogP contribution is 2.54. The van der Waals surface area contributed by atoms with Crippen LogP contribution >= 0.6 is 0 Å². The van der Waals surface area contributed by atoms with Crippen molar-refractivity contribution in [2.24, 2.45) is 5.92 Å². The van der Waals surface area contributed by atoms with Crippen molar-refractivity contribution in [3.63, 3.8) is 0 Å². The van der Waals surface area contributed by atoms with E-state index in [0.29, 0.717) is 24.3 Å². The lowest BCUT2D eigenvalue weighted by Gasteiger charge is -2.47. The molecule has 0 saturated carbocycles. The molecule has 0 spiro atoms. The van der Waals surface area contributed by atoms with Crippen LogP contribution in [0.15, 0.2) is 42.5 Å². The maximum Gasteiger partial charge on any atom is 0.315 e. The Morgan fingerprint density at radius 3 is 2.82 bits per heavy atom. The lowest BCUT2D eigenvalue weighted by Crippen LogP contribution is -2.45. The Labute approximate surface area is 201 Å². The first-order valence-electron chi connectivity index (χ1n) is 12.1. The van der Waals surface area contributed by atoms with Crippen LogP contribution in [-0.2, 0) is 21.5 Å². The summed E-state index contributed by atoms with van der Waals surface area (Å²) in [7, 11) is 0. The number of carbonyl (C=O) groups is 1. The van der Waals surface area contributed by atoms with Crippen LogP contribution in [0.2, 0.25) is 0 Å². The van der Waals surface area contributed by atoms with Gasteiger partial charge in [0.15, 0.2) is 0 Å². The van der Waals surface area contributed by atoms with E-state index in [1.165, 1.54) is 0 Å². The molecule has 2 N–H and O–H groups in total. The quantitative estimate of drug-likeness (QED) is 0.337. The lowest BCUT2D eigenvalue weighted by molar-refractivity contribution is -0.149. The van der Waals surface area contributed by atoms with Crippen molar-refractivity contribution >= 4 is 5.97 Å². The number of phenols is 1. The molecular weight excluding hydrogens is 432 g/mol. The van der Waals surface area contributed by atoms with E-state index >= 15 is 0 Å². The van der Waals surface area contributed by atoms with E-state index in [2.05, 4.69) is 24.9 Å². The Kier molecular flexibility index (Phi) is 6.76. The van der Waals surface area contributed by atoms with E-state index in [4.69, 9.17) is 9.47 Å². The molecule has 34 heavy (non-hydrogen) atoms. The normalized spacial score (nSPS) is 21.1. The Bertz CT molecular complexity index is 1060. The fourth-order valence-electron chi connectivity index (χ4n) is 5.23. The van der Waals surface area contributed by atoms with Crippen molar-refractivity contribution in [1.29, 1.82) is 0 Å². The molecule has 1 aliphatic carbocycles. The molecule has 2 atom stereocenters. The molecule has 1 aromatic carbocycles. The van der Waals surface area contributed by atoms with Gasteiger partial charge < -0.3 is 24.3 Å². The minimum absolute atomic E-state index is 0.0277. The highest BCUT2D eigenvalue weighted by Gasteiger charge is 2.46. The summed E-state index contributed by atoms with van der Waals surface area (Å²) >= 11 is 0. The SMILES string of the molecule is CC(C)(C(=O)OCCCCn1ccnc1)c1cc(O)c2c(c1)OC(C)(C)C1CC=C(CO)C[C@@H]21. The summed E-state index contributed by atoms with van der Waals surface area (Å²) < 4.78 is 14.0. The third kappa shape index (κ3) is 4.71. The largest absolute Gasteiger partial charge is 0.508 e. The molecule has 2 aromatic rings. The molecule has 4 rings (SSSR count). The number of benzene rings is 1. The zero-order valence-electron chi connectivity index (χ0n) is 20.6. The number of aliphatic hydroxyl groups excluding tert-OH is 1. The summed E-state index contributed by atoms with van der Waals surface area (Å²) in [5, 5.41) is 20.7. The molecule has 0 bridgehead atoms. The number of aliphatic hydroxyl groups is 1. The third-order valence-corrected chi connectivity index (χ3v) is 7.42. The number of ether oxygens (including phenoxy) is 2. The summed E-state index contributed by atoms with van der Waals surface area (Å²) in [5.74, 6) is 0.684. The number of hydrogen-bond donors (Lipinski definition) is 2. The summed E-state index contributed by atoms with van der Waals surface area (Å²) in [6, 6.07) is 3.55. The summed E-state index contributed by atoms with van der Waals surface area (Å²) in [5.41, 5.74) is 1.06. The predicted molar refractivity (Wildman–Crippen MR) is 129 cm³/mol. The lowest BCUT2D eigenvalue weighted by atomic mass is 9.66. The van der Waals surface area contributed by atoms with Gasteiger partial charge in [0.25, 0.3) is 0 Å². The van der Waals surface area contributed by atoms with Gasteiger partial charge in [-0.05, 0) is 76.6 Å². The van der Waals surface area contributed by atoms with Crippen molar-refractivity contribution in [2.45, 2.75) is 76.9 Å². The van der Waals surface area contributed by atoms with Gasteiger partial charge in [0.1, 0.15) is 17.1 Å². The molecule has 0 fully saturated rings. The van der Waals surface area contributed by atoms with Gasteiger partial charge in [0, 0.05) is 36.3 Å². The second-order valence-corrected chi connectivity index (χ2v) is 10.6. The maximum absolute atomic E-state index is 13.0. The molecule has 0 saturated heterocycles. The Hall–Kier alpha value is -2.80. The number of esters is 1. The molecule has 7 heteroatoms. The van der Waals surface area contributed by atoms with Crippen LogP contribution in [0, 0.1) is 5.92 Å². The minimum atomic E-state index is -0.941. The molecule has 1 unspecified atom stereocenters. The van der Waals surface area contributed by atoms with Gasteiger partial charge in [-0.1, -0.05) is 6.08 Å². The minimum Gasteiger partial charge on any atom is -0.508 e. The highest BCUT2D eigenvalue weighted by molar-refractivity contribution is 5.82. The Morgan fingerprint density at radius 1 is 1.32 bits per heavy atom. The van der Waals surface area contributed by atoms with Crippen LogP contribution < -0.4 is 4.74 Å². The highest BCUT2D eigenvalue weighted by atomic mass is 16.5. The van der Waals surface area contributed by atoms with E-state index in [-0.39, 0.29) is 30.2 Å². The van der Waals surface area contributed by atoms with Crippen LogP contribution in [-0.4, -0.2) is 44.5 Å².